The SMILES string of the molecule is CC(C)C1CCCC(CN)(N(C)Cc2cccc(Br)c2)C1. The van der Waals surface area contributed by atoms with Crippen molar-refractivity contribution in [3.8, 4) is 0 Å². The van der Waals surface area contributed by atoms with Gasteiger partial charge in [-0.3, -0.25) is 4.90 Å². The van der Waals surface area contributed by atoms with Crippen molar-refractivity contribution in [1.29, 1.82) is 0 Å². The molecule has 0 amide bonds. The van der Waals surface area contributed by atoms with Crippen LogP contribution in [0.2, 0.25) is 0 Å². The molecule has 2 atom stereocenters. The van der Waals surface area contributed by atoms with Crippen LogP contribution < -0.4 is 5.73 Å². The zero-order chi connectivity index (χ0) is 15.5. The number of nitrogens with two attached hydrogens (primary N) is 1. The fourth-order valence-electron chi connectivity index (χ4n) is 3.72. The van der Waals surface area contributed by atoms with Crippen molar-refractivity contribution in [2.24, 2.45) is 17.6 Å². The number of hydrogen-bond donors (Lipinski definition) is 1. The second kappa shape index (κ2) is 7.26. The van der Waals surface area contributed by atoms with Crippen molar-refractivity contribution < 1.29 is 0 Å². The van der Waals surface area contributed by atoms with Crippen molar-refractivity contribution in [2.75, 3.05) is 13.6 Å². The molecule has 1 aliphatic carbocycles. The van der Waals surface area contributed by atoms with Gasteiger partial charge in [-0.15, -0.1) is 0 Å². The molecule has 0 bridgehead atoms. The molecule has 118 valence electrons. The van der Waals surface area contributed by atoms with Crippen LogP contribution in [0.15, 0.2) is 28.7 Å². The van der Waals surface area contributed by atoms with E-state index in [2.05, 4.69) is 66.0 Å². The topological polar surface area (TPSA) is 29.3 Å². The van der Waals surface area contributed by atoms with Crippen LogP contribution in [-0.2, 0) is 6.54 Å². The first-order chi connectivity index (χ1) is 9.97. The Morgan fingerprint density at radius 1 is 1.43 bits per heavy atom. The van der Waals surface area contributed by atoms with Gasteiger partial charge in [-0.2, -0.15) is 0 Å². The van der Waals surface area contributed by atoms with Gasteiger partial charge in [0.05, 0.1) is 0 Å². The van der Waals surface area contributed by atoms with Gasteiger partial charge in [0.2, 0.25) is 0 Å². The number of benzene rings is 1. The summed E-state index contributed by atoms with van der Waals surface area (Å²) in [6.45, 7) is 6.44. The molecule has 3 heteroatoms. The average Bonchev–Trinajstić information content (AvgIpc) is 2.47. The van der Waals surface area contributed by atoms with Crippen LogP contribution in [-0.4, -0.2) is 24.0 Å². The predicted octanol–water partition coefficient (Wildman–Crippen LogP) is 4.42. The summed E-state index contributed by atoms with van der Waals surface area (Å²) in [6.07, 6.45) is 5.15. The molecular formula is C18H29BrN2. The third kappa shape index (κ3) is 4.08. The highest BCUT2D eigenvalue weighted by Crippen LogP contribution is 2.39. The van der Waals surface area contributed by atoms with Crippen molar-refractivity contribution >= 4 is 15.9 Å². The van der Waals surface area contributed by atoms with Crippen LogP contribution in [0, 0.1) is 11.8 Å². The molecule has 21 heavy (non-hydrogen) atoms. The highest BCUT2D eigenvalue weighted by atomic mass is 79.9. The van der Waals surface area contributed by atoms with Crippen LogP contribution in [0.3, 0.4) is 0 Å². The normalized spacial score (nSPS) is 26.5. The lowest BCUT2D eigenvalue weighted by Gasteiger charge is -2.47. The minimum absolute atomic E-state index is 0.176. The van der Waals surface area contributed by atoms with Crippen LogP contribution in [0.1, 0.15) is 45.1 Å². The van der Waals surface area contributed by atoms with Gasteiger partial charge >= 0.3 is 0 Å². The van der Waals surface area contributed by atoms with Crippen LogP contribution in [0.25, 0.3) is 0 Å². The summed E-state index contributed by atoms with van der Waals surface area (Å²) in [6, 6.07) is 8.61. The molecule has 1 saturated carbocycles. The van der Waals surface area contributed by atoms with E-state index in [-0.39, 0.29) is 5.54 Å². The zero-order valence-corrected chi connectivity index (χ0v) is 15.2. The van der Waals surface area contributed by atoms with Crippen LogP contribution in [0.4, 0.5) is 0 Å². The Bertz CT molecular complexity index is 460. The van der Waals surface area contributed by atoms with Gasteiger partial charge < -0.3 is 5.73 Å². The molecule has 1 fully saturated rings. The molecule has 0 aromatic heterocycles. The molecule has 1 aromatic carbocycles. The molecule has 0 heterocycles. The summed E-state index contributed by atoms with van der Waals surface area (Å²) < 4.78 is 1.15. The highest BCUT2D eigenvalue weighted by Gasteiger charge is 2.39. The largest absolute Gasteiger partial charge is 0.329 e. The molecule has 2 nitrogen and oxygen atoms in total. The Labute approximate surface area is 138 Å². The van der Waals surface area contributed by atoms with E-state index >= 15 is 0 Å². The maximum Gasteiger partial charge on any atom is 0.0334 e. The summed E-state index contributed by atoms with van der Waals surface area (Å²) in [5.74, 6) is 1.57. The lowest BCUT2D eigenvalue weighted by Crippen LogP contribution is -2.54. The molecule has 1 aromatic rings. The van der Waals surface area contributed by atoms with Crippen LogP contribution in [0.5, 0.6) is 0 Å². The van der Waals surface area contributed by atoms with Crippen molar-refractivity contribution in [2.45, 2.75) is 51.6 Å². The molecule has 2 rings (SSSR count). The fraction of sp³-hybridized carbons (Fsp3) is 0.667. The van der Waals surface area contributed by atoms with Gasteiger partial charge in [0.15, 0.2) is 0 Å². The fourth-order valence-corrected chi connectivity index (χ4v) is 4.17. The third-order valence-corrected chi connectivity index (χ3v) is 5.79. The number of rotatable bonds is 5. The Hall–Kier alpha value is -0.380. The van der Waals surface area contributed by atoms with Gasteiger partial charge in [0.25, 0.3) is 0 Å². The number of hydrogen-bond acceptors (Lipinski definition) is 2. The molecular weight excluding hydrogens is 324 g/mol. The van der Waals surface area contributed by atoms with Gasteiger partial charge in [-0.25, -0.2) is 0 Å². The lowest BCUT2D eigenvalue weighted by atomic mass is 9.71. The van der Waals surface area contributed by atoms with Gasteiger partial charge in [-0.05, 0) is 49.4 Å². The third-order valence-electron chi connectivity index (χ3n) is 5.30. The van der Waals surface area contributed by atoms with E-state index in [0.29, 0.717) is 0 Å². The monoisotopic (exact) mass is 352 g/mol. The second-order valence-corrected chi connectivity index (χ2v) is 7.93. The summed E-state index contributed by atoms with van der Waals surface area (Å²) in [4.78, 5) is 2.50. The molecule has 0 radical (unpaired) electrons. The Morgan fingerprint density at radius 2 is 2.19 bits per heavy atom. The number of nitrogens with zero attached hydrogens (tertiary/aromatic N) is 1. The van der Waals surface area contributed by atoms with Crippen LogP contribution >= 0.6 is 15.9 Å². The van der Waals surface area contributed by atoms with Crippen molar-refractivity contribution in [1.82, 2.24) is 4.90 Å². The summed E-state index contributed by atoms with van der Waals surface area (Å²) in [5.41, 5.74) is 7.76. The first-order valence-electron chi connectivity index (χ1n) is 8.12. The zero-order valence-electron chi connectivity index (χ0n) is 13.6. The molecule has 0 spiro atoms. The first kappa shape index (κ1) is 17.0. The van der Waals surface area contributed by atoms with E-state index < -0.39 is 0 Å². The van der Waals surface area contributed by atoms with E-state index in [1.807, 2.05) is 0 Å². The second-order valence-electron chi connectivity index (χ2n) is 7.01. The van der Waals surface area contributed by atoms with E-state index in [0.717, 1.165) is 29.4 Å². The van der Waals surface area contributed by atoms with E-state index in [1.54, 1.807) is 0 Å². The lowest BCUT2D eigenvalue weighted by molar-refractivity contribution is 0.0396. The minimum atomic E-state index is 0.176. The van der Waals surface area contributed by atoms with Crippen molar-refractivity contribution in [3.63, 3.8) is 0 Å². The molecule has 0 aliphatic heterocycles. The maximum atomic E-state index is 6.23. The van der Waals surface area contributed by atoms with Crippen molar-refractivity contribution in [3.05, 3.63) is 34.3 Å². The van der Waals surface area contributed by atoms with E-state index in [1.165, 1.54) is 31.2 Å². The van der Waals surface area contributed by atoms with E-state index in [4.69, 9.17) is 5.73 Å². The standard InChI is InChI=1S/C18H29BrN2/c1-14(2)16-7-5-9-18(11-16,13-20)21(3)12-15-6-4-8-17(19)10-15/h4,6,8,10,14,16H,5,7,9,11-13,20H2,1-3H3. The van der Waals surface area contributed by atoms with Gasteiger partial charge in [-0.1, -0.05) is 54.8 Å². The Morgan fingerprint density at radius 3 is 2.81 bits per heavy atom. The van der Waals surface area contributed by atoms with Gasteiger partial charge in [0, 0.05) is 23.1 Å². The number of halogens is 1. The maximum absolute atomic E-state index is 6.23. The molecule has 2 unspecified atom stereocenters. The summed E-state index contributed by atoms with van der Waals surface area (Å²) in [5, 5.41) is 0. The first-order valence-corrected chi connectivity index (χ1v) is 8.92. The minimum Gasteiger partial charge on any atom is -0.329 e. The highest BCUT2D eigenvalue weighted by molar-refractivity contribution is 9.10. The summed E-state index contributed by atoms with van der Waals surface area (Å²) in [7, 11) is 2.25. The average molecular weight is 353 g/mol. The molecule has 1 aliphatic rings. The molecule has 2 N–H and O–H groups in total. The quantitative estimate of drug-likeness (QED) is 0.849. The summed E-state index contributed by atoms with van der Waals surface area (Å²) >= 11 is 3.56. The number of likely N-dealkylation sites (N-methyl/N-ethyl adjacent to an activating group) is 1. The Kier molecular flexibility index (Phi) is 5.87. The van der Waals surface area contributed by atoms with Gasteiger partial charge in [0.1, 0.15) is 0 Å². The van der Waals surface area contributed by atoms with E-state index in [9.17, 15) is 0 Å². The Balaban J connectivity index is 2.11. The predicted molar refractivity (Wildman–Crippen MR) is 94.2 cm³/mol. The molecule has 0 saturated heterocycles. The smallest absolute Gasteiger partial charge is 0.0334 e.